The zero-order chi connectivity index (χ0) is 14.8. The van der Waals surface area contributed by atoms with E-state index in [1.165, 1.54) is 17.7 Å². The van der Waals surface area contributed by atoms with Crippen LogP contribution in [-0.4, -0.2) is 11.7 Å². The van der Waals surface area contributed by atoms with E-state index in [0.29, 0.717) is 5.02 Å². The molecule has 1 atom stereocenters. The van der Waals surface area contributed by atoms with Crippen LogP contribution >= 0.6 is 11.6 Å². The maximum absolute atomic E-state index is 9.68. The second-order valence-corrected chi connectivity index (χ2v) is 6.03. The van der Waals surface area contributed by atoms with Gasteiger partial charge in [-0.3, -0.25) is 0 Å². The molecule has 0 radical (unpaired) electrons. The second-order valence-electron chi connectivity index (χ2n) is 5.62. The van der Waals surface area contributed by atoms with Gasteiger partial charge in [-0.15, -0.1) is 0 Å². The molecule has 2 aromatic carbocycles. The van der Waals surface area contributed by atoms with Crippen molar-refractivity contribution in [1.29, 1.82) is 0 Å². The summed E-state index contributed by atoms with van der Waals surface area (Å²) < 4.78 is 0. The molecule has 0 unspecified atom stereocenters. The van der Waals surface area contributed by atoms with Gasteiger partial charge < -0.3 is 10.0 Å². The number of hydrogen-bond donors (Lipinski definition) is 1. The van der Waals surface area contributed by atoms with Crippen molar-refractivity contribution in [3.63, 3.8) is 0 Å². The first kappa shape index (κ1) is 14.4. The molecule has 110 valence electrons. The number of hydrogen-bond acceptors (Lipinski definition) is 2. The van der Waals surface area contributed by atoms with E-state index < -0.39 is 6.10 Å². The molecule has 0 bridgehead atoms. The van der Waals surface area contributed by atoms with Crippen LogP contribution in [0.2, 0.25) is 5.02 Å². The maximum atomic E-state index is 9.68. The van der Waals surface area contributed by atoms with Crippen molar-refractivity contribution in [2.45, 2.75) is 32.3 Å². The summed E-state index contributed by atoms with van der Waals surface area (Å²) in [6, 6.07) is 14.4. The third-order valence-corrected chi connectivity index (χ3v) is 4.41. The summed E-state index contributed by atoms with van der Waals surface area (Å²) in [5.74, 6) is 0. The molecule has 0 fully saturated rings. The first-order valence-electron chi connectivity index (χ1n) is 7.50. The maximum Gasteiger partial charge on any atom is 0.0762 e. The van der Waals surface area contributed by atoms with Crippen LogP contribution in [0.1, 0.15) is 37.0 Å². The number of aryl methyl sites for hydroxylation is 1. The van der Waals surface area contributed by atoms with Crippen LogP contribution in [-0.2, 0) is 6.42 Å². The summed E-state index contributed by atoms with van der Waals surface area (Å²) in [5.41, 5.74) is 4.51. The lowest BCUT2D eigenvalue weighted by Crippen LogP contribution is -2.18. The van der Waals surface area contributed by atoms with Crippen LogP contribution in [0.3, 0.4) is 0 Å². The van der Waals surface area contributed by atoms with Gasteiger partial charge in [-0.25, -0.2) is 0 Å². The topological polar surface area (TPSA) is 23.5 Å². The van der Waals surface area contributed by atoms with Crippen LogP contribution in [0.15, 0.2) is 42.5 Å². The Kier molecular flexibility index (Phi) is 4.18. The van der Waals surface area contributed by atoms with Crippen LogP contribution in [0.5, 0.6) is 0 Å². The highest BCUT2D eigenvalue weighted by molar-refractivity contribution is 6.33. The molecule has 1 heterocycles. The standard InChI is InChI=1S/C18H20ClNO/c1-13(21)15-9-10-18(16(19)12-15)20-11-5-4-7-14-6-2-3-8-17(14)20/h2-3,6,8-10,12-13,21H,4-5,7,11H2,1H3/t13-/m1/s1. The number of halogens is 1. The molecule has 3 rings (SSSR count). The Morgan fingerprint density at radius 3 is 2.67 bits per heavy atom. The van der Waals surface area contributed by atoms with Crippen LogP contribution in [0.25, 0.3) is 0 Å². The Morgan fingerprint density at radius 2 is 1.90 bits per heavy atom. The molecular weight excluding hydrogens is 282 g/mol. The minimum atomic E-state index is -0.493. The lowest BCUT2D eigenvalue weighted by molar-refractivity contribution is 0.199. The summed E-state index contributed by atoms with van der Waals surface area (Å²) in [6.45, 7) is 2.73. The average molecular weight is 302 g/mol. The highest BCUT2D eigenvalue weighted by Crippen LogP contribution is 2.37. The fraction of sp³-hybridized carbons (Fsp3) is 0.333. The Hall–Kier alpha value is -1.51. The lowest BCUT2D eigenvalue weighted by atomic mass is 10.1. The number of fused-ring (bicyclic) bond motifs is 1. The smallest absolute Gasteiger partial charge is 0.0762 e. The van der Waals surface area contributed by atoms with Gasteiger partial charge >= 0.3 is 0 Å². The first-order chi connectivity index (χ1) is 10.2. The summed E-state index contributed by atoms with van der Waals surface area (Å²) in [6.07, 6.45) is 2.99. The molecule has 0 aromatic heterocycles. The van der Waals surface area contributed by atoms with E-state index in [0.717, 1.165) is 30.6 Å². The Balaban J connectivity index is 2.04. The zero-order valence-corrected chi connectivity index (χ0v) is 13.0. The van der Waals surface area contributed by atoms with Gasteiger partial charge in [-0.1, -0.05) is 35.9 Å². The van der Waals surface area contributed by atoms with E-state index in [1.807, 2.05) is 18.2 Å². The van der Waals surface area contributed by atoms with Crippen molar-refractivity contribution < 1.29 is 5.11 Å². The summed E-state index contributed by atoms with van der Waals surface area (Å²) >= 11 is 6.47. The number of nitrogens with zero attached hydrogens (tertiary/aromatic N) is 1. The molecule has 3 heteroatoms. The Bertz CT molecular complexity index is 639. The third-order valence-electron chi connectivity index (χ3n) is 4.11. The molecule has 0 saturated carbocycles. The van der Waals surface area contributed by atoms with E-state index in [1.54, 1.807) is 6.92 Å². The fourth-order valence-electron chi connectivity index (χ4n) is 2.94. The van der Waals surface area contributed by atoms with Gasteiger partial charge in [0.25, 0.3) is 0 Å². The predicted molar refractivity (Wildman–Crippen MR) is 88.5 cm³/mol. The molecule has 0 spiro atoms. The molecule has 1 N–H and O–H groups in total. The number of aliphatic hydroxyl groups is 1. The minimum Gasteiger partial charge on any atom is -0.389 e. The van der Waals surface area contributed by atoms with Gasteiger partial charge in [-0.05, 0) is 55.5 Å². The van der Waals surface area contributed by atoms with Gasteiger partial charge in [0, 0.05) is 12.2 Å². The summed E-state index contributed by atoms with van der Waals surface area (Å²) in [4.78, 5) is 2.30. The Labute approximate surface area is 131 Å². The number of para-hydroxylation sites is 1. The van der Waals surface area contributed by atoms with Crippen molar-refractivity contribution in [2.75, 3.05) is 11.4 Å². The molecule has 1 aliphatic heterocycles. The molecule has 2 aromatic rings. The number of benzene rings is 2. The predicted octanol–water partition coefficient (Wildman–Crippen LogP) is 4.87. The molecule has 2 nitrogen and oxygen atoms in total. The van der Waals surface area contributed by atoms with Gasteiger partial charge in [0.1, 0.15) is 0 Å². The van der Waals surface area contributed by atoms with E-state index in [4.69, 9.17) is 11.6 Å². The number of aliphatic hydroxyl groups excluding tert-OH is 1. The molecule has 0 saturated heterocycles. The number of rotatable bonds is 2. The largest absolute Gasteiger partial charge is 0.389 e. The highest BCUT2D eigenvalue weighted by atomic mass is 35.5. The van der Waals surface area contributed by atoms with Gasteiger partial charge in [0.2, 0.25) is 0 Å². The van der Waals surface area contributed by atoms with E-state index in [2.05, 4.69) is 29.2 Å². The van der Waals surface area contributed by atoms with Crippen LogP contribution in [0.4, 0.5) is 11.4 Å². The zero-order valence-electron chi connectivity index (χ0n) is 12.2. The van der Waals surface area contributed by atoms with E-state index in [9.17, 15) is 5.11 Å². The SMILES string of the molecule is C[C@@H](O)c1ccc(N2CCCCc3ccccc32)c(Cl)c1. The minimum absolute atomic E-state index is 0.493. The molecule has 0 aliphatic carbocycles. The first-order valence-corrected chi connectivity index (χ1v) is 7.87. The van der Waals surface area contributed by atoms with Crippen LogP contribution < -0.4 is 4.90 Å². The van der Waals surface area contributed by atoms with E-state index >= 15 is 0 Å². The average Bonchev–Trinajstić information content (AvgIpc) is 2.69. The summed E-state index contributed by atoms with van der Waals surface area (Å²) in [5, 5.41) is 10.4. The van der Waals surface area contributed by atoms with E-state index in [-0.39, 0.29) is 0 Å². The molecule has 1 aliphatic rings. The van der Waals surface area contributed by atoms with Crippen molar-refractivity contribution in [2.24, 2.45) is 0 Å². The van der Waals surface area contributed by atoms with Crippen molar-refractivity contribution in [1.82, 2.24) is 0 Å². The molecule has 0 amide bonds. The lowest BCUT2D eigenvalue weighted by Gasteiger charge is -2.26. The summed E-state index contributed by atoms with van der Waals surface area (Å²) in [7, 11) is 0. The monoisotopic (exact) mass is 301 g/mol. The third kappa shape index (κ3) is 2.92. The van der Waals surface area contributed by atoms with Gasteiger partial charge in [-0.2, -0.15) is 0 Å². The normalized spacial score (nSPS) is 16.2. The van der Waals surface area contributed by atoms with Gasteiger partial charge in [0.15, 0.2) is 0 Å². The van der Waals surface area contributed by atoms with Gasteiger partial charge in [0.05, 0.1) is 16.8 Å². The fourth-order valence-corrected chi connectivity index (χ4v) is 3.23. The Morgan fingerprint density at radius 1 is 1.10 bits per heavy atom. The second kappa shape index (κ2) is 6.08. The van der Waals surface area contributed by atoms with Crippen molar-refractivity contribution in [3.05, 3.63) is 58.6 Å². The molecule has 21 heavy (non-hydrogen) atoms. The highest BCUT2D eigenvalue weighted by Gasteiger charge is 2.18. The van der Waals surface area contributed by atoms with Crippen molar-refractivity contribution in [3.8, 4) is 0 Å². The number of anilines is 2. The molecular formula is C18H20ClNO. The quantitative estimate of drug-likeness (QED) is 0.855. The van der Waals surface area contributed by atoms with Crippen molar-refractivity contribution >= 4 is 23.0 Å². The van der Waals surface area contributed by atoms with Crippen LogP contribution in [0, 0.1) is 0 Å².